The molecule has 38 heavy (non-hydrogen) atoms. The number of hydrogen-bond acceptors (Lipinski definition) is 5. The number of ether oxygens (including phenoxy) is 1. The van der Waals surface area contributed by atoms with Crippen molar-refractivity contribution in [1.82, 2.24) is 14.1 Å². The second kappa shape index (κ2) is 10.1. The van der Waals surface area contributed by atoms with E-state index in [1.807, 2.05) is 0 Å². The molecule has 198 valence electrons. The lowest BCUT2D eigenvalue weighted by Gasteiger charge is -2.20. The highest BCUT2D eigenvalue weighted by atomic mass is 35.5. The number of aromatic nitrogens is 3. The van der Waals surface area contributed by atoms with Crippen molar-refractivity contribution < 1.29 is 23.0 Å². The van der Waals surface area contributed by atoms with Gasteiger partial charge in [-0.25, -0.2) is 18.2 Å². The summed E-state index contributed by atoms with van der Waals surface area (Å²) in [5, 5.41) is 10.5. The van der Waals surface area contributed by atoms with Gasteiger partial charge in [0.2, 0.25) is 0 Å². The van der Waals surface area contributed by atoms with Gasteiger partial charge in [0.25, 0.3) is 11.1 Å². The fourth-order valence-electron chi connectivity index (χ4n) is 4.05. The Kier molecular flexibility index (Phi) is 7.22. The molecule has 1 N–H and O–H groups in total. The number of aryl methyl sites for hydroxylation is 2. The van der Waals surface area contributed by atoms with Crippen molar-refractivity contribution in [3.05, 3.63) is 114 Å². The van der Waals surface area contributed by atoms with Gasteiger partial charge in [0, 0.05) is 48.4 Å². The van der Waals surface area contributed by atoms with E-state index in [-0.39, 0.29) is 22.2 Å². The Hall–Kier alpha value is -3.89. The predicted octanol–water partition coefficient (Wildman–Crippen LogP) is 4.88. The molecule has 4 rings (SSSR count). The van der Waals surface area contributed by atoms with Crippen LogP contribution in [0.2, 0.25) is 5.02 Å². The van der Waals surface area contributed by atoms with Crippen molar-refractivity contribution in [2.24, 2.45) is 0 Å². The van der Waals surface area contributed by atoms with Crippen LogP contribution >= 0.6 is 11.6 Å². The van der Waals surface area contributed by atoms with Gasteiger partial charge in [0.15, 0.2) is 0 Å². The van der Waals surface area contributed by atoms with E-state index in [2.05, 4.69) is 4.98 Å². The first-order valence-corrected chi connectivity index (χ1v) is 11.8. The Morgan fingerprint density at radius 2 is 1.71 bits per heavy atom. The number of hydrogen-bond donors (Lipinski definition) is 1. The molecule has 0 aliphatic rings. The van der Waals surface area contributed by atoms with Gasteiger partial charge in [-0.15, -0.1) is 0 Å². The maximum atomic E-state index is 13.9. The fraction of sp³-hybridized carbons (Fsp3) is 0.222. The normalized spacial score (nSPS) is 11.6. The van der Waals surface area contributed by atoms with Gasteiger partial charge in [-0.2, -0.15) is 0 Å². The van der Waals surface area contributed by atoms with Crippen molar-refractivity contribution in [2.45, 2.75) is 39.9 Å². The first kappa shape index (κ1) is 27.2. The third-order valence-corrected chi connectivity index (χ3v) is 6.20. The topological polar surface area (TPSA) is 86.3 Å². The fourth-order valence-corrected chi connectivity index (χ4v) is 4.42. The summed E-state index contributed by atoms with van der Waals surface area (Å²) < 4.78 is 49.1. The van der Waals surface area contributed by atoms with E-state index in [1.54, 1.807) is 13.8 Å². The molecule has 7 nitrogen and oxygen atoms in total. The second-order valence-electron chi connectivity index (χ2n) is 9.24. The van der Waals surface area contributed by atoms with Gasteiger partial charge in [0.1, 0.15) is 35.6 Å². The highest BCUT2D eigenvalue weighted by Gasteiger charge is 2.25. The molecular formula is C27H23ClF3N3O4. The number of halogens is 4. The van der Waals surface area contributed by atoms with Crippen LogP contribution in [0.25, 0.3) is 11.5 Å². The van der Waals surface area contributed by atoms with Crippen LogP contribution in [0.15, 0.2) is 58.4 Å². The van der Waals surface area contributed by atoms with Crippen molar-refractivity contribution >= 4 is 11.6 Å². The van der Waals surface area contributed by atoms with Gasteiger partial charge < -0.3 is 9.84 Å². The van der Waals surface area contributed by atoms with Crippen LogP contribution in [-0.4, -0.2) is 19.2 Å². The van der Waals surface area contributed by atoms with Crippen LogP contribution in [0.5, 0.6) is 5.75 Å². The average Bonchev–Trinajstić information content (AvgIpc) is 2.78. The first-order valence-electron chi connectivity index (χ1n) is 11.4. The van der Waals surface area contributed by atoms with Crippen LogP contribution in [0, 0.1) is 31.3 Å². The lowest BCUT2D eigenvalue weighted by Crippen LogP contribution is -2.32. The lowest BCUT2D eigenvalue weighted by atomic mass is 10.00. The van der Waals surface area contributed by atoms with Crippen LogP contribution in [0.4, 0.5) is 13.2 Å². The molecule has 0 fully saturated rings. The minimum atomic E-state index is -1.51. The molecule has 0 bridgehead atoms. The Morgan fingerprint density at radius 1 is 1.05 bits per heavy atom. The molecule has 0 saturated carbocycles. The van der Waals surface area contributed by atoms with Gasteiger partial charge in [-0.05, 0) is 39.3 Å². The summed E-state index contributed by atoms with van der Waals surface area (Å²) in [7, 11) is 0. The zero-order valence-electron chi connectivity index (χ0n) is 20.9. The third kappa shape index (κ3) is 5.23. The minimum absolute atomic E-state index is 0.00512. The lowest BCUT2D eigenvalue weighted by molar-refractivity contribution is 0.0769. The number of nitrogens with zero attached hydrogens (tertiary/aromatic N) is 3. The predicted molar refractivity (Wildman–Crippen MR) is 136 cm³/mol. The van der Waals surface area contributed by atoms with Crippen molar-refractivity contribution in [1.29, 1.82) is 0 Å². The van der Waals surface area contributed by atoms with Crippen molar-refractivity contribution in [3.63, 3.8) is 0 Å². The van der Waals surface area contributed by atoms with Crippen LogP contribution in [-0.2, 0) is 12.2 Å². The number of pyridine rings is 3. The Bertz CT molecular complexity index is 1650. The highest BCUT2D eigenvalue weighted by Crippen LogP contribution is 2.25. The van der Waals surface area contributed by atoms with Gasteiger partial charge in [0.05, 0.1) is 27.4 Å². The molecule has 0 amide bonds. The average molecular weight is 546 g/mol. The summed E-state index contributed by atoms with van der Waals surface area (Å²) in [6.07, 6.45) is 2.91. The monoisotopic (exact) mass is 545 g/mol. The Morgan fingerprint density at radius 3 is 2.32 bits per heavy atom. The molecule has 0 unspecified atom stereocenters. The standard InChI is InChI=1S/C27H23ClF3N3O4/c1-14-12-32-23(33-6-5-19(28)25(26(33)36)27(3,4)37)11-22(14)34-15(2)7-17(10-24(34)35)38-13-18-20(30)8-16(29)9-21(18)31/h5-12,37H,13H2,1-4H3. The molecule has 0 atom stereocenters. The molecule has 3 aromatic heterocycles. The molecule has 0 aliphatic carbocycles. The van der Waals surface area contributed by atoms with E-state index < -0.39 is 46.3 Å². The maximum absolute atomic E-state index is 13.9. The maximum Gasteiger partial charge on any atom is 0.263 e. The van der Waals surface area contributed by atoms with Gasteiger partial charge >= 0.3 is 0 Å². The summed E-state index contributed by atoms with van der Waals surface area (Å²) in [6, 6.07) is 6.75. The number of benzene rings is 1. The summed E-state index contributed by atoms with van der Waals surface area (Å²) >= 11 is 6.16. The molecule has 11 heteroatoms. The van der Waals surface area contributed by atoms with E-state index in [0.29, 0.717) is 29.1 Å². The number of rotatable bonds is 6. The molecule has 0 aliphatic heterocycles. The van der Waals surface area contributed by atoms with E-state index in [4.69, 9.17) is 16.3 Å². The molecule has 4 aromatic rings. The first-order chi connectivity index (χ1) is 17.8. The Balaban J connectivity index is 1.73. The molecular weight excluding hydrogens is 523 g/mol. The molecule has 0 spiro atoms. The third-order valence-electron chi connectivity index (χ3n) is 5.88. The van der Waals surface area contributed by atoms with Crippen molar-refractivity contribution in [2.75, 3.05) is 0 Å². The SMILES string of the molecule is Cc1cnc(-n2ccc(Cl)c(C(C)(C)O)c2=O)cc1-n1c(C)cc(OCc2c(F)cc(F)cc2F)cc1=O. The summed E-state index contributed by atoms with van der Waals surface area (Å²) in [5.41, 5.74) is -1.60. The summed E-state index contributed by atoms with van der Waals surface area (Å²) in [5.74, 6) is -3.00. The molecule has 0 saturated heterocycles. The Labute approximate surface area is 220 Å². The van der Waals surface area contributed by atoms with Crippen LogP contribution in [0.3, 0.4) is 0 Å². The highest BCUT2D eigenvalue weighted by molar-refractivity contribution is 6.31. The number of aliphatic hydroxyl groups is 1. The van der Waals surface area contributed by atoms with Crippen LogP contribution < -0.4 is 15.9 Å². The zero-order valence-corrected chi connectivity index (χ0v) is 21.6. The van der Waals surface area contributed by atoms with E-state index in [1.165, 1.54) is 53.6 Å². The van der Waals surface area contributed by atoms with E-state index in [0.717, 1.165) is 6.07 Å². The second-order valence-corrected chi connectivity index (χ2v) is 9.65. The minimum Gasteiger partial charge on any atom is -0.488 e. The quantitative estimate of drug-likeness (QED) is 0.373. The van der Waals surface area contributed by atoms with E-state index >= 15 is 0 Å². The molecule has 1 aromatic carbocycles. The zero-order chi connectivity index (χ0) is 27.9. The van der Waals surface area contributed by atoms with Crippen molar-refractivity contribution in [3.8, 4) is 17.3 Å². The molecule has 0 radical (unpaired) electrons. The summed E-state index contributed by atoms with van der Waals surface area (Å²) in [6.45, 7) is 5.70. The van der Waals surface area contributed by atoms with Gasteiger partial charge in [-0.1, -0.05) is 11.6 Å². The smallest absolute Gasteiger partial charge is 0.263 e. The van der Waals surface area contributed by atoms with Gasteiger partial charge in [-0.3, -0.25) is 18.7 Å². The van der Waals surface area contributed by atoms with Crippen LogP contribution in [0.1, 0.15) is 36.2 Å². The largest absolute Gasteiger partial charge is 0.488 e. The molecule has 3 heterocycles. The van der Waals surface area contributed by atoms with E-state index in [9.17, 15) is 27.9 Å². The summed E-state index contributed by atoms with van der Waals surface area (Å²) in [4.78, 5) is 30.5.